The van der Waals surface area contributed by atoms with Gasteiger partial charge in [-0.3, -0.25) is 4.79 Å². The monoisotopic (exact) mass is 161 g/mol. The molecule has 0 aliphatic carbocycles. The molecule has 1 N–H and O–H groups in total. The third-order valence-corrected chi connectivity index (χ3v) is 1.83. The molecule has 0 saturated carbocycles. The molecule has 0 unspecified atom stereocenters. The molecule has 4 heteroatoms. The van der Waals surface area contributed by atoms with Gasteiger partial charge in [-0.2, -0.15) is 0 Å². The van der Waals surface area contributed by atoms with Crippen LogP contribution in [0.2, 0.25) is 0 Å². The van der Waals surface area contributed by atoms with Gasteiger partial charge in [0, 0.05) is 5.38 Å². The van der Waals surface area contributed by atoms with Gasteiger partial charge in [0.1, 0.15) is 5.67 Å². The summed E-state index contributed by atoms with van der Waals surface area (Å²) in [6, 6.07) is 0. The summed E-state index contributed by atoms with van der Waals surface area (Å²) in [7, 11) is 0. The molecule has 2 nitrogen and oxygen atoms in total. The summed E-state index contributed by atoms with van der Waals surface area (Å²) in [5, 5.41) is 1.50. The van der Waals surface area contributed by atoms with Crippen LogP contribution >= 0.6 is 11.3 Å². The van der Waals surface area contributed by atoms with Gasteiger partial charge in [-0.1, -0.05) is 11.3 Å². The average molecular weight is 161 g/mol. The molecular weight excluding hydrogens is 153 g/mol. The van der Waals surface area contributed by atoms with Crippen LogP contribution in [-0.4, -0.2) is 4.98 Å². The molecule has 0 atom stereocenters. The standard InChI is InChI=1S/C6H8FNOS/c1-6(2,7)4-3-10-5(9)8-4/h3H,1-2H3,(H,8,9). The van der Waals surface area contributed by atoms with Crippen molar-refractivity contribution in [3.05, 3.63) is 20.7 Å². The number of halogens is 1. The molecule has 0 amide bonds. The van der Waals surface area contributed by atoms with Gasteiger partial charge in [0.15, 0.2) is 0 Å². The van der Waals surface area contributed by atoms with Crippen LogP contribution in [0.25, 0.3) is 0 Å². The van der Waals surface area contributed by atoms with Gasteiger partial charge in [-0.05, 0) is 13.8 Å². The van der Waals surface area contributed by atoms with Crippen LogP contribution in [0.3, 0.4) is 0 Å². The summed E-state index contributed by atoms with van der Waals surface area (Å²) in [6.07, 6.45) is 0. The van der Waals surface area contributed by atoms with Crippen molar-refractivity contribution in [3.63, 3.8) is 0 Å². The average Bonchev–Trinajstić information content (AvgIpc) is 2.11. The first kappa shape index (κ1) is 7.47. The van der Waals surface area contributed by atoms with Crippen molar-refractivity contribution in [2.24, 2.45) is 0 Å². The zero-order valence-electron chi connectivity index (χ0n) is 5.77. The lowest BCUT2D eigenvalue weighted by molar-refractivity contribution is 0.215. The number of nitrogens with one attached hydrogen (secondary N) is 1. The van der Waals surface area contributed by atoms with E-state index in [2.05, 4.69) is 4.98 Å². The SMILES string of the molecule is CC(C)(F)c1csc(=O)[nH]1. The van der Waals surface area contributed by atoms with E-state index in [0.717, 1.165) is 11.3 Å². The zero-order chi connectivity index (χ0) is 7.78. The van der Waals surface area contributed by atoms with E-state index in [4.69, 9.17) is 0 Å². The number of alkyl halides is 1. The van der Waals surface area contributed by atoms with E-state index in [1.807, 2.05) is 0 Å². The fourth-order valence-electron chi connectivity index (χ4n) is 0.570. The summed E-state index contributed by atoms with van der Waals surface area (Å²) < 4.78 is 13.0. The molecular formula is C6H8FNOS. The first-order chi connectivity index (χ1) is 4.50. The number of aromatic nitrogens is 1. The number of thiazole rings is 1. The fraction of sp³-hybridized carbons (Fsp3) is 0.500. The Morgan fingerprint density at radius 2 is 2.30 bits per heavy atom. The van der Waals surface area contributed by atoms with E-state index in [1.54, 1.807) is 0 Å². The first-order valence-electron chi connectivity index (χ1n) is 2.87. The van der Waals surface area contributed by atoms with Crippen LogP contribution < -0.4 is 4.87 Å². The highest BCUT2D eigenvalue weighted by Crippen LogP contribution is 2.21. The Bertz CT molecular complexity index is 270. The Morgan fingerprint density at radius 1 is 1.70 bits per heavy atom. The second-order valence-corrected chi connectivity index (χ2v) is 3.38. The molecule has 0 aromatic carbocycles. The van der Waals surface area contributed by atoms with Crippen molar-refractivity contribution < 1.29 is 4.39 Å². The molecule has 1 rings (SSSR count). The lowest BCUT2D eigenvalue weighted by atomic mass is 10.1. The molecule has 0 aliphatic rings. The molecule has 1 aromatic heterocycles. The summed E-state index contributed by atoms with van der Waals surface area (Å²) in [5.41, 5.74) is -1.08. The number of hydrogen-bond donors (Lipinski definition) is 1. The van der Waals surface area contributed by atoms with Crippen molar-refractivity contribution in [3.8, 4) is 0 Å². The minimum absolute atomic E-state index is 0.208. The zero-order valence-corrected chi connectivity index (χ0v) is 6.59. The summed E-state index contributed by atoms with van der Waals surface area (Å²) in [6.45, 7) is 2.82. The van der Waals surface area contributed by atoms with Gasteiger partial charge in [-0.25, -0.2) is 4.39 Å². The Balaban J connectivity index is 3.07. The lowest BCUT2D eigenvalue weighted by Gasteiger charge is -2.09. The van der Waals surface area contributed by atoms with Crippen LogP contribution in [0, 0.1) is 0 Å². The Morgan fingerprint density at radius 3 is 2.50 bits per heavy atom. The smallest absolute Gasteiger partial charge is 0.304 e. The van der Waals surface area contributed by atoms with E-state index in [0.29, 0.717) is 5.69 Å². The van der Waals surface area contributed by atoms with Gasteiger partial charge in [-0.15, -0.1) is 0 Å². The first-order valence-corrected chi connectivity index (χ1v) is 3.75. The normalized spacial score (nSPS) is 11.9. The maximum atomic E-state index is 13.0. The molecule has 1 heterocycles. The van der Waals surface area contributed by atoms with Gasteiger partial charge in [0.25, 0.3) is 0 Å². The summed E-state index contributed by atoms with van der Waals surface area (Å²) >= 11 is 0.980. The fourth-order valence-corrected chi connectivity index (χ4v) is 1.30. The molecule has 10 heavy (non-hydrogen) atoms. The van der Waals surface area contributed by atoms with Gasteiger partial charge < -0.3 is 4.98 Å². The largest absolute Gasteiger partial charge is 0.313 e. The van der Waals surface area contributed by atoms with Crippen molar-refractivity contribution in [2.75, 3.05) is 0 Å². The predicted octanol–water partition coefficient (Wildman–Crippen LogP) is 1.64. The van der Waals surface area contributed by atoms with E-state index < -0.39 is 5.67 Å². The van der Waals surface area contributed by atoms with E-state index in [-0.39, 0.29) is 4.87 Å². The van der Waals surface area contributed by atoms with E-state index >= 15 is 0 Å². The van der Waals surface area contributed by atoms with Crippen molar-refractivity contribution in [1.29, 1.82) is 0 Å². The van der Waals surface area contributed by atoms with Crippen LogP contribution in [-0.2, 0) is 5.67 Å². The topological polar surface area (TPSA) is 32.9 Å². The highest BCUT2D eigenvalue weighted by molar-refractivity contribution is 7.07. The predicted molar refractivity (Wildman–Crippen MR) is 39.1 cm³/mol. The van der Waals surface area contributed by atoms with Crippen molar-refractivity contribution >= 4 is 11.3 Å². The second-order valence-electron chi connectivity index (χ2n) is 2.53. The molecule has 56 valence electrons. The van der Waals surface area contributed by atoms with Crippen LogP contribution in [0.15, 0.2) is 10.2 Å². The minimum atomic E-state index is -1.43. The number of aromatic amines is 1. The van der Waals surface area contributed by atoms with E-state index in [1.165, 1.54) is 19.2 Å². The van der Waals surface area contributed by atoms with Crippen molar-refractivity contribution in [1.82, 2.24) is 4.98 Å². The Labute approximate surface area is 61.7 Å². The number of H-pyrrole nitrogens is 1. The van der Waals surface area contributed by atoms with Crippen LogP contribution in [0.5, 0.6) is 0 Å². The Kier molecular flexibility index (Phi) is 1.64. The molecule has 0 radical (unpaired) electrons. The molecule has 0 saturated heterocycles. The maximum absolute atomic E-state index is 13.0. The lowest BCUT2D eigenvalue weighted by Crippen LogP contribution is -2.11. The number of hydrogen-bond acceptors (Lipinski definition) is 2. The Hall–Kier alpha value is -0.640. The highest BCUT2D eigenvalue weighted by Gasteiger charge is 2.20. The third kappa shape index (κ3) is 1.44. The second kappa shape index (κ2) is 2.20. The molecule has 0 spiro atoms. The quantitative estimate of drug-likeness (QED) is 0.667. The molecule has 0 bridgehead atoms. The minimum Gasteiger partial charge on any atom is -0.313 e. The molecule has 0 aliphatic heterocycles. The van der Waals surface area contributed by atoms with E-state index in [9.17, 15) is 9.18 Å². The van der Waals surface area contributed by atoms with Gasteiger partial charge in [0.2, 0.25) is 0 Å². The summed E-state index contributed by atoms with van der Waals surface area (Å²) in [5.74, 6) is 0. The summed E-state index contributed by atoms with van der Waals surface area (Å²) in [4.78, 5) is 12.7. The maximum Gasteiger partial charge on any atom is 0.304 e. The number of rotatable bonds is 1. The molecule has 0 fully saturated rings. The van der Waals surface area contributed by atoms with Crippen LogP contribution in [0.4, 0.5) is 4.39 Å². The molecule has 1 aromatic rings. The van der Waals surface area contributed by atoms with Gasteiger partial charge in [0.05, 0.1) is 5.69 Å². The van der Waals surface area contributed by atoms with Gasteiger partial charge >= 0.3 is 4.87 Å². The highest BCUT2D eigenvalue weighted by atomic mass is 32.1. The van der Waals surface area contributed by atoms with Crippen molar-refractivity contribution in [2.45, 2.75) is 19.5 Å². The van der Waals surface area contributed by atoms with Crippen LogP contribution in [0.1, 0.15) is 19.5 Å². The third-order valence-electron chi connectivity index (χ3n) is 1.16.